The number of carboxylic acid groups (broad SMARTS) is 1. The number of fused-ring (bicyclic) bond motifs is 1. The third-order valence-electron chi connectivity index (χ3n) is 4.63. The average molecular weight is 447 g/mol. The van der Waals surface area contributed by atoms with Gasteiger partial charge in [-0.3, -0.25) is 4.79 Å². The van der Waals surface area contributed by atoms with Gasteiger partial charge in [0.1, 0.15) is 23.6 Å². The fraction of sp³-hybridized carbons (Fsp3) is 0.217. The molecule has 0 radical (unpaired) electrons. The lowest BCUT2D eigenvalue weighted by Crippen LogP contribution is -2.49. The van der Waals surface area contributed by atoms with Crippen LogP contribution in [-0.4, -0.2) is 28.9 Å². The highest BCUT2D eigenvalue weighted by Gasteiger charge is 2.31. The number of rotatable bonds is 7. The molecule has 0 aliphatic heterocycles. The molecule has 0 aliphatic carbocycles. The van der Waals surface area contributed by atoms with Crippen LogP contribution in [-0.2, 0) is 11.4 Å². The second-order valence-corrected chi connectivity index (χ2v) is 7.53. The summed E-state index contributed by atoms with van der Waals surface area (Å²) in [5, 5.41) is 13.2. The molecular formula is C23H20F3NO5. The molecular weight excluding hydrogens is 427 g/mol. The van der Waals surface area contributed by atoms with E-state index in [1.54, 1.807) is 18.2 Å². The van der Waals surface area contributed by atoms with Crippen LogP contribution in [0.5, 0.6) is 11.5 Å². The first-order chi connectivity index (χ1) is 15.0. The van der Waals surface area contributed by atoms with E-state index < -0.39 is 23.8 Å². The first-order valence-corrected chi connectivity index (χ1v) is 9.51. The summed E-state index contributed by atoms with van der Waals surface area (Å²) in [4.78, 5) is 24.2. The van der Waals surface area contributed by atoms with Crippen molar-refractivity contribution in [3.63, 3.8) is 0 Å². The summed E-state index contributed by atoms with van der Waals surface area (Å²) >= 11 is 0. The Morgan fingerprint density at radius 1 is 0.969 bits per heavy atom. The largest absolute Gasteiger partial charge is 0.573 e. The minimum Gasteiger partial charge on any atom is -0.487 e. The molecule has 3 rings (SSSR count). The van der Waals surface area contributed by atoms with Crippen molar-refractivity contribution >= 4 is 22.6 Å². The van der Waals surface area contributed by atoms with E-state index >= 15 is 0 Å². The van der Waals surface area contributed by atoms with Gasteiger partial charge in [0.15, 0.2) is 0 Å². The van der Waals surface area contributed by atoms with E-state index in [2.05, 4.69) is 10.1 Å². The van der Waals surface area contributed by atoms with Crippen molar-refractivity contribution < 1.29 is 37.3 Å². The SMILES string of the molecule is CC(C)(NC(=O)c1ccc2ccccc2c1OCc1ccc(OC(F)(F)F)cc1)C(=O)O. The number of hydrogen-bond donors (Lipinski definition) is 2. The third-order valence-corrected chi connectivity index (χ3v) is 4.63. The minimum absolute atomic E-state index is 0.0388. The Kier molecular flexibility index (Phi) is 6.29. The smallest absolute Gasteiger partial charge is 0.487 e. The lowest BCUT2D eigenvalue weighted by Gasteiger charge is -2.22. The number of alkyl halides is 3. The van der Waals surface area contributed by atoms with Crippen molar-refractivity contribution in [2.24, 2.45) is 0 Å². The zero-order valence-corrected chi connectivity index (χ0v) is 17.2. The Morgan fingerprint density at radius 2 is 1.62 bits per heavy atom. The number of carbonyl (C=O) groups excluding carboxylic acids is 1. The topological polar surface area (TPSA) is 84.9 Å². The van der Waals surface area contributed by atoms with E-state index in [9.17, 15) is 27.9 Å². The molecule has 2 N–H and O–H groups in total. The van der Waals surface area contributed by atoms with Crippen LogP contribution in [0.25, 0.3) is 10.8 Å². The molecule has 6 nitrogen and oxygen atoms in total. The lowest BCUT2D eigenvalue weighted by molar-refractivity contribution is -0.274. The van der Waals surface area contributed by atoms with Crippen LogP contribution >= 0.6 is 0 Å². The van der Waals surface area contributed by atoms with E-state index in [0.717, 1.165) is 17.5 Å². The summed E-state index contributed by atoms with van der Waals surface area (Å²) < 4.78 is 46.7. The Balaban J connectivity index is 1.88. The van der Waals surface area contributed by atoms with Crippen LogP contribution in [0.2, 0.25) is 0 Å². The highest BCUT2D eigenvalue weighted by Crippen LogP contribution is 2.31. The van der Waals surface area contributed by atoms with Crippen LogP contribution in [0.1, 0.15) is 29.8 Å². The van der Waals surface area contributed by atoms with E-state index in [1.807, 2.05) is 12.1 Å². The minimum atomic E-state index is -4.78. The van der Waals surface area contributed by atoms with Gasteiger partial charge < -0.3 is 19.9 Å². The number of hydrogen-bond acceptors (Lipinski definition) is 4. The van der Waals surface area contributed by atoms with Crippen LogP contribution in [0.3, 0.4) is 0 Å². The summed E-state index contributed by atoms with van der Waals surface area (Å²) in [6.07, 6.45) is -4.78. The van der Waals surface area contributed by atoms with Crippen molar-refractivity contribution in [1.29, 1.82) is 0 Å². The number of carboxylic acids is 1. The quantitative estimate of drug-likeness (QED) is 0.538. The van der Waals surface area contributed by atoms with Crippen LogP contribution in [0.15, 0.2) is 60.7 Å². The maximum absolute atomic E-state index is 12.8. The summed E-state index contributed by atoms with van der Waals surface area (Å²) in [7, 11) is 0. The van der Waals surface area contributed by atoms with Gasteiger partial charge in [-0.05, 0) is 43.0 Å². The Hall–Kier alpha value is -3.75. The molecule has 0 spiro atoms. The number of amides is 1. The van der Waals surface area contributed by atoms with Crippen LogP contribution < -0.4 is 14.8 Å². The third kappa shape index (κ3) is 5.48. The molecule has 0 saturated heterocycles. The van der Waals surface area contributed by atoms with Gasteiger partial charge in [-0.15, -0.1) is 13.2 Å². The fourth-order valence-electron chi connectivity index (χ4n) is 2.92. The van der Waals surface area contributed by atoms with Crippen LogP contribution in [0, 0.1) is 0 Å². The van der Waals surface area contributed by atoms with Gasteiger partial charge >= 0.3 is 12.3 Å². The lowest BCUT2D eigenvalue weighted by atomic mass is 10.0. The number of benzene rings is 3. The number of aliphatic carboxylic acids is 1. The predicted octanol–water partition coefficient (Wildman–Crippen LogP) is 4.91. The van der Waals surface area contributed by atoms with Crippen molar-refractivity contribution in [3.8, 4) is 11.5 Å². The van der Waals surface area contributed by atoms with E-state index in [-0.39, 0.29) is 23.7 Å². The van der Waals surface area contributed by atoms with Crippen molar-refractivity contribution in [2.75, 3.05) is 0 Å². The second-order valence-electron chi connectivity index (χ2n) is 7.53. The Morgan fingerprint density at radius 3 is 2.25 bits per heavy atom. The van der Waals surface area contributed by atoms with E-state index in [1.165, 1.54) is 32.0 Å². The molecule has 0 aliphatic rings. The van der Waals surface area contributed by atoms with Gasteiger partial charge in [0.05, 0.1) is 5.56 Å². The molecule has 0 saturated carbocycles. The normalized spacial score (nSPS) is 11.8. The second kappa shape index (κ2) is 8.78. The van der Waals surface area contributed by atoms with Crippen LogP contribution in [0.4, 0.5) is 13.2 Å². The monoisotopic (exact) mass is 447 g/mol. The zero-order chi connectivity index (χ0) is 23.5. The van der Waals surface area contributed by atoms with Crippen molar-refractivity contribution in [2.45, 2.75) is 32.4 Å². The summed E-state index contributed by atoms with van der Waals surface area (Å²) in [5.74, 6) is -1.96. The molecule has 3 aromatic carbocycles. The highest BCUT2D eigenvalue weighted by molar-refractivity contribution is 6.05. The standard InChI is InChI=1S/C23H20F3NO5/c1-22(2,21(29)30)27-20(28)18-12-9-15-5-3-4-6-17(15)19(18)31-13-14-7-10-16(11-8-14)32-23(24,25)26/h3-12H,13H2,1-2H3,(H,27,28)(H,29,30). The summed E-state index contributed by atoms with van der Waals surface area (Å²) in [6.45, 7) is 2.68. The van der Waals surface area contributed by atoms with Gasteiger partial charge in [0.25, 0.3) is 5.91 Å². The van der Waals surface area contributed by atoms with Gasteiger partial charge in [-0.2, -0.15) is 0 Å². The first kappa shape index (κ1) is 22.9. The molecule has 0 fully saturated rings. The maximum Gasteiger partial charge on any atom is 0.573 e. The molecule has 168 valence electrons. The molecule has 9 heteroatoms. The molecule has 1 amide bonds. The molecule has 0 unspecified atom stereocenters. The van der Waals surface area contributed by atoms with Gasteiger partial charge in [0, 0.05) is 5.39 Å². The molecule has 0 heterocycles. The number of ether oxygens (including phenoxy) is 2. The predicted molar refractivity (Wildman–Crippen MR) is 111 cm³/mol. The number of carbonyl (C=O) groups is 2. The van der Waals surface area contributed by atoms with E-state index in [4.69, 9.17) is 4.74 Å². The number of halogens is 3. The fourth-order valence-corrected chi connectivity index (χ4v) is 2.92. The van der Waals surface area contributed by atoms with Gasteiger partial charge in [0.2, 0.25) is 0 Å². The molecule has 32 heavy (non-hydrogen) atoms. The van der Waals surface area contributed by atoms with Gasteiger partial charge in [-0.1, -0.05) is 42.5 Å². The zero-order valence-electron chi connectivity index (χ0n) is 17.2. The van der Waals surface area contributed by atoms with E-state index in [0.29, 0.717) is 10.9 Å². The Labute approximate surface area is 181 Å². The molecule has 0 atom stereocenters. The summed E-state index contributed by atoms with van der Waals surface area (Å²) in [6, 6.07) is 15.6. The van der Waals surface area contributed by atoms with Crippen molar-refractivity contribution in [1.82, 2.24) is 5.32 Å². The van der Waals surface area contributed by atoms with Gasteiger partial charge in [-0.25, -0.2) is 4.79 Å². The first-order valence-electron chi connectivity index (χ1n) is 9.51. The number of nitrogens with one attached hydrogen (secondary N) is 1. The molecule has 0 aromatic heterocycles. The molecule has 0 bridgehead atoms. The highest BCUT2D eigenvalue weighted by atomic mass is 19.4. The maximum atomic E-state index is 12.8. The van der Waals surface area contributed by atoms with Crippen molar-refractivity contribution in [3.05, 3.63) is 71.8 Å². The molecule has 3 aromatic rings. The summed E-state index contributed by atoms with van der Waals surface area (Å²) in [5.41, 5.74) is -0.825. The Bertz CT molecular complexity index is 1140. The average Bonchev–Trinajstić information content (AvgIpc) is 2.71.